The summed E-state index contributed by atoms with van der Waals surface area (Å²) in [6.45, 7) is 8.67. The van der Waals surface area contributed by atoms with Gasteiger partial charge in [0.15, 0.2) is 0 Å². The predicted molar refractivity (Wildman–Crippen MR) is 76.1 cm³/mol. The van der Waals surface area contributed by atoms with Gasteiger partial charge in [-0.1, -0.05) is 34.9 Å². The lowest BCUT2D eigenvalue weighted by Crippen LogP contribution is -1.81. The van der Waals surface area contributed by atoms with Gasteiger partial charge in [-0.2, -0.15) is 0 Å². The molecule has 0 unspecified atom stereocenters. The second-order valence-electron chi connectivity index (χ2n) is 4.61. The van der Waals surface area contributed by atoms with Crippen molar-refractivity contribution in [3.8, 4) is 0 Å². The Kier molecular flexibility index (Phi) is 9.42. The summed E-state index contributed by atoms with van der Waals surface area (Å²) in [6.07, 6.45) is 11.4. The zero-order valence-electron chi connectivity index (χ0n) is 11.1. The average molecular weight is 241 g/mol. The molecule has 0 aliphatic heterocycles. The fourth-order valence-electron chi connectivity index (χ4n) is 1.47. The van der Waals surface area contributed by atoms with Crippen molar-refractivity contribution in [1.82, 2.24) is 0 Å². The molecule has 0 saturated heterocycles. The molecule has 0 radical (unpaired) electrons. The Bertz CT molecular complexity index is 265. The Morgan fingerprint density at radius 1 is 0.812 bits per heavy atom. The van der Waals surface area contributed by atoms with Gasteiger partial charge in [-0.15, -0.1) is 11.6 Å². The van der Waals surface area contributed by atoms with E-state index in [9.17, 15) is 0 Å². The van der Waals surface area contributed by atoms with E-state index in [0.29, 0.717) is 5.88 Å². The molecule has 0 amide bonds. The van der Waals surface area contributed by atoms with Gasteiger partial charge in [0.1, 0.15) is 0 Å². The molecule has 16 heavy (non-hydrogen) atoms. The lowest BCUT2D eigenvalue weighted by Gasteiger charge is -2.00. The van der Waals surface area contributed by atoms with Crippen LogP contribution in [0.3, 0.4) is 0 Å². The average Bonchev–Trinajstić information content (AvgIpc) is 2.17. The first kappa shape index (κ1) is 15.5. The van der Waals surface area contributed by atoms with Crippen LogP contribution in [0.15, 0.2) is 34.9 Å². The molecule has 1 heteroatoms. The number of hydrogen-bond acceptors (Lipinski definition) is 0. The van der Waals surface area contributed by atoms with Gasteiger partial charge in [0.05, 0.1) is 0 Å². The van der Waals surface area contributed by atoms with Gasteiger partial charge >= 0.3 is 0 Å². The second kappa shape index (κ2) is 9.72. The zero-order valence-corrected chi connectivity index (χ0v) is 11.9. The van der Waals surface area contributed by atoms with Crippen LogP contribution in [0.25, 0.3) is 0 Å². The molecule has 0 aliphatic carbocycles. The number of halogens is 1. The van der Waals surface area contributed by atoms with E-state index in [1.807, 2.05) is 0 Å². The first-order valence-electron chi connectivity index (χ1n) is 6.07. The Morgan fingerprint density at radius 3 is 1.81 bits per heavy atom. The molecule has 0 aromatic heterocycles. The van der Waals surface area contributed by atoms with Crippen molar-refractivity contribution in [1.29, 1.82) is 0 Å². The first-order valence-corrected chi connectivity index (χ1v) is 6.60. The third kappa shape index (κ3) is 10.0. The van der Waals surface area contributed by atoms with Crippen LogP contribution in [-0.4, -0.2) is 5.88 Å². The molecule has 0 aromatic carbocycles. The van der Waals surface area contributed by atoms with Gasteiger partial charge in [-0.05, 0) is 53.4 Å². The zero-order chi connectivity index (χ0) is 12.4. The van der Waals surface area contributed by atoms with Crippen LogP contribution in [0.1, 0.15) is 53.4 Å². The van der Waals surface area contributed by atoms with Crippen molar-refractivity contribution in [2.75, 3.05) is 5.88 Å². The monoisotopic (exact) mass is 240 g/mol. The maximum Gasteiger partial charge on any atom is 0.0406 e. The predicted octanol–water partition coefficient (Wildman–Crippen LogP) is 5.64. The van der Waals surface area contributed by atoms with Crippen LogP contribution in [0.5, 0.6) is 0 Å². The highest BCUT2D eigenvalue weighted by molar-refractivity contribution is 6.18. The number of alkyl halides is 1. The van der Waals surface area contributed by atoms with Crippen molar-refractivity contribution >= 4 is 11.6 Å². The highest BCUT2D eigenvalue weighted by Crippen LogP contribution is 2.11. The SMILES string of the molecule is CC(C)=CCCC(C)=CCC/C(C)=C\CCl. The number of allylic oxidation sites excluding steroid dienone is 6. The smallest absolute Gasteiger partial charge is 0.0406 e. The minimum atomic E-state index is 0.634. The molecular weight excluding hydrogens is 216 g/mol. The van der Waals surface area contributed by atoms with Gasteiger partial charge < -0.3 is 0 Å². The molecule has 0 fully saturated rings. The van der Waals surface area contributed by atoms with Gasteiger partial charge in [-0.3, -0.25) is 0 Å². The Morgan fingerprint density at radius 2 is 1.31 bits per heavy atom. The van der Waals surface area contributed by atoms with Crippen LogP contribution in [0, 0.1) is 0 Å². The van der Waals surface area contributed by atoms with E-state index in [-0.39, 0.29) is 0 Å². The number of rotatable bonds is 7. The molecular formula is C15H25Cl. The minimum Gasteiger partial charge on any atom is -0.122 e. The van der Waals surface area contributed by atoms with Crippen molar-refractivity contribution < 1.29 is 0 Å². The van der Waals surface area contributed by atoms with Crippen molar-refractivity contribution in [2.45, 2.75) is 53.4 Å². The molecule has 0 N–H and O–H groups in total. The molecule has 92 valence electrons. The molecule has 0 saturated carbocycles. The lowest BCUT2D eigenvalue weighted by molar-refractivity contribution is 0.917. The maximum absolute atomic E-state index is 5.64. The quantitative estimate of drug-likeness (QED) is 0.399. The van der Waals surface area contributed by atoms with Crippen LogP contribution in [-0.2, 0) is 0 Å². The largest absolute Gasteiger partial charge is 0.122 e. The van der Waals surface area contributed by atoms with Crippen molar-refractivity contribution in [3.05, 3.63) is 34.9 Å². The van der Waals surface area contributed by atoms with E-state index in [4.69, 9.17) is 11.6 Å². The summed E-state index contributed by atoms with van der Waals surface area (Å²) >= 11 is 5.64. The number of hydrogen-bond donors (Lipinski definition) is 0. The Hall–Kier alpha value is -0.490. The van der Waals surface area contributed by atoms with Crippen LogP contribution < -0.4 is 0 Å². The first-order chi connectivity index (χ1) is 7.56. The van der Waals surface area contributed by atoms with Crippen molar-refractivity contribution in [2.24, 2.45) is 0 Å². The van der Waals surface area contributed by atoms with Gasteiger partial charge in [0, 0.05) is 5.88 Å². The van der Waals surface area contributed by atoms with Crippen LogP contribution >= 0.6 is 11.6 Å². The van der Waals surface area contributed by atoms with Crippen LogP contribution in [0.2, 0.25) is 0 Å². The summed E-state index contributed by atoms with van der Waals surface area (Å²) in [5, 5.41) is 0. The van der Waals surface area contributed by atoms with Gasteiger partial charge in [0.25, 0.3) is 0 Å². The maximum atomic E-state index is 5.64. The molecule has 0 aromatic rings. The van der Waals surface area contributed by atoms with E-state index in [1.165, 1.54) is 29.6 Å². The third-order valence-electron chi connectivity index (χ3n) is 2.55. The molecule has 0 aliphatic rings. The summed E-state index contributed by atoms with van der Waals surface area (Å²) in [5.74, 6) is 0.634. The molecule has 0 spiro atoms. The van der Waals surface area contributed by atoms with E-state index >= 15 is 0 Å². The third-order valence-corrected chi connectivity index (χ3v) is 2.70. The molecule has 0 heterocycles. The summed E-state index contributed by atoms with van der Waals surface area (Å²) in [5.41, 5.74) is 4.30. The van der Waals surface area contributed by atoms with Crippen molar-refractivity contribution in [3.63, 3.8) is 0 Å². The highest BCUT2D eigenvalue weighted by atomic mass is 35.5. The Balaban J connectivity index is 3.79. The van der Waals surface area contributed by atoms with E-state index < -0.39 is 0 Å². The fourth-order valence-corrected chi connectivity index (χ4v) is 1.73. The molecule has 0 nitrogen and oxygen atoms in total. The summed E-state index contributed by atoms with van der Waals surface area (Å²) in [6, 6.07) is 0. The molecule has 0 atom stereocenters. The lowest BCUT2D eigenvalue weighted by atomic mass is 10.1. The fraction of sp³-hybridized carbons (Fsp3) is 0.600. The topological polar surface area (TPSA) is 0 Å². The molecule has 0 bridgehead atoms. The highest BCUT2D eigenvalue weighted by Gasteiger charge is 1.91. The van der Waals surface area contributed by atoms with Crippen LogP contribution in [0.4, 0.5) is 0 Å². The summed E-state index contributed by atoms with van der Waals surface area (Å²) in [7, 11) is 0. The van der Waals surface area contributed by atoms with E-state index in [0.717, 1.165) is 12.8 Å². The minimum absolute atomic E-state index is 0.634. The second-order valence-corrected chi connectivity index (χ2v) is 4.92. The summed E-state index contributed by atoms with van der Waals surface area (Å²) < 4.78 is 0. The van der Waals surface area contributed by atoms with Gasteiger partial charge in [0.2, 0.25) is 0 Å². The standard InChI is InChI=1S/C15H25Cl/c1-13(2)7-5-8-14(3)9-6-10-15(4)11-12-16/h7,9,11H,5-6,8,10,12H2,1-4H3/b14-9?,15-11-. The normalized spacial score (nSPS) is 12.8. The summed E-state index contributed by atoms with van der Waals surface area (Å²) in [4.78, 5) is 0. The van der Waals surface area contributed by atoms with E-state index in [2.05, 4.69) is 45.9 Å². The van der Waals surface area contributed by atoms with E-state index in [1.54, 1.807) is 0 Å². The Labute approximate surface area is 106 Å². The van der Waals surface area contributed by atoms with Gasteiger partial charge in [-0.25, -0.2) is 0 Å². The molecule has 0 rings (SSSR count).